The molecule has 0 N–H and O–H groups in total. The molecule has 0 aliphatic heterocycles. The maximum absolute atomic E-state index is 12.9. The Kier molecular flexibility index (Phi) is 3.98. The summed E-state index contributed by atoms with van der Waals surface area (Å²) in [7, 11) is 0. The lowest BCUT2D eigenvalue weighted by Gasteiger charge is -2.26. The third-order valence-electron chi connectivity index (χ3n) is 4.45. The SMILES string of the molecule is CCc1ccccc1C1=C(C(C)C)c2ccccc2CC1=O. The van der Waals surface area contributed by atoms with Gasteiger partial charge in [0.25, 0.3) is 0 Å². The molecule has 0 fully saturated rings. The maximum atomic E-state index is 12.9. The van der Waals surface area contributed by atoms with Crippen LogP contribution < -0.4 is 0 Å². The Bertz CT molecular complexity index is 750. The Balaban J connectivity index is 2.32. The van der Waals surface area contributed by atoms with Crippen LogP contribution in [-0.2, 0) is 17.6 Å². The number of hydrogen-bond donors (Lipinski definition) is 0. The van der Waals surface area contributed by atoms with Crippen LogP contribution in [0.4, 0.5) is 0 Å². The summed E-state index contributed by atoms with van der Waals surface area (Å²) in [6.45, 7) is 6.51. The third kappa shape index (κ3) is 2.41. The van der Waals surface area contributed by atoms with Crippen LogP contribution >= 0.6 is 0 Å². The molecule has 0 amide bonds. The summed E-state index contributed by atoms with van der Waals surface area (Å²) in [4.78, 5) is 12.9. The van der Waals surface area contributed by atoms with Crippen molar-refractivity contribution in [1.82, 2.24) is 0 Å². The van der Waals surface area contributed by atoms with E-state index in [0.29, 0.717) is 12.3 Å². The van der Waals surface area contributed by atoms with Crippen molar-refractivity contribution >= 4 is 16.9 Å². The van der Waals surface area contributed by atoms with Gasteiger partial charge in [-0.2, -0.15) is 0 Å². The molecule has 0 atom stereocenters. The minimum atomic E-state index is 0.253. The lowest BCUT2D eigenvalue weighted by Crippen LogP contribution is -2.18. The summed E-state index contributed by atoms with van der Waals surface area (Å²) in [6, 6.07) is 16.7. The molecule has 0 saturated heterocycles. The molecule has 3 rings (SSSR count). The highest BCUT2D eigenvalue weighted by Crippen LogP contribution is 2.40. The van der Waals surface area contributed by atoms with E-state index in [4.69, 9.17) is 0 Å². The first-order valence-corrected chi connectivity index (χ1v) is 8.07. The summed E-state index contributed by atoms with van der Waals surface area (Å²) in [5.74, 6) is 0.577. The van der Waals surface area contributed by atoms with E-state index in [9.17, 15) is 4.79 Å². The molecule has 0 heterocycles. The Labute approximate surface area is 132 Å². The van der Waals surface area contributed by atoms with Crippen molar-refractivity contribution in [2.24, 2.45) is 5.92 Å². The van der Waals surface area contributed by atoms with Crippen LogP contribution in [-0.4, -0.2) is 5.78 Å². The zero-order chi connectivity index (χ0) is 15.7. The number of aryl methyl sites for hydroxylation is 1. The van der Waals surface area contributed by atoms with E-state index in [2.05, 4.69) is 57.2 Å². The van der Waals surface area contributed by atoms with Gasteiger partial charge < -0.3 is 0 Å². The van der Waals surface area contributed by atoms with Gasteiger partial charge in [0.1, 0.15) is 0 Å². The molecule has 0 radical (unpaired) electrons. The molecule has 1 heteroatoms. The molecule has 1 aliphatic carbocycles. The van der Waals surface area contributed by atoms with Gasteiger partial charge >= 0.3 is 0 Å². The minimum Gasteiger partial charge on any atom is -0.294 e. The van der Waals surface area contributed by atoms with Crippen molar-refractivity contribution in [3.05, 3.63) is 70.8 Å². The van der Waals surface area contributed by atoms with E-state index < -0.39 is 0 Å². The Hall–Kier alpha value is -2.15. The second-order valence-electron chi connectivity index (χ2n) is 6.21. The Morgan fingerprint density at radius 3 is 2.27 bits per heavy atom. The van der Waals surface area contributed by atoms with E-state index in [0.717, 1.165) is 23.1 Å². The zero-order valence-electron chi connectivity index (χ0n) is 13.5. The van der Waals surface area contributed by atoms with Crippen molar-refractivity contribution in [3.8, 4) is 0 Å². The monoisotopic (exact) mass is 290 g/mol. The maximum Gasteiger partial charge on any atom is 0.168 e. The average Bonchev–Trinajstić information content (AvgIpc) is 2.53. The number of ketones is 1. The highest BCUT2D eigenvalue weighted by molar-refractivity contribution is 6.30. The second kappa shape index (κ2) is 5.92. The van der Waals surface area contributed by atoms with Crippen molar-refractivity contribution < 1.29 is 4.79 Å². The lowest BCUT2D eigenvalue weighted by molar-refractivity contribution is -0.113. The number of Topliss-reactive ketones (excluding diaryl/α,β-unsaturated/α-hetero) is 1. The largest absolute Gasteiger partial charge is 0.294 e. The van der Waals surface area contributed by atoms with Crippen LogP contribution in [0.5, 0.6) is 0 Å². The predicted octanol–water partition coefficient (Wildman–Crippen LogP) is 4.94. The fourth-order valence-electron chi connectivity index (χ4n) is 3.45. The molecular formula is C21H22O. The van der Waals surface area contributed by atoms with Gasteiger partial charge in [0.15, 0.2) is 5.78 Å². The van der Waals surface area contributed by atoms with Gasteiger partial charge in [-0.3, -0.25) is 4.79 Å². The number of allylic oxidation sites excluding steroid dienone is 2. The molecule has 0 aromatic heterocycles. The highest BCUT2D eigenvalue weighted by atomic mass is 16.1. The number of hydrogen-bond acceptors (Lipinski definition) is 1. The van der Waals surface area contributed by atoms with Crippen LogP contribution in [0.1, 0.15) is 43.0 Å². The molecule has 0 unspecified atom stereocenters. The molecule has 0 bridgehead atoms. The van der Waals surface area contributed by atoms with Gasteiger partial charge in [-0.15, -0.1) is 0 Å². The van der Waals surface area contributed by atoms with Crippen molar-refractivity contribution in [3.63, 3.8) is 0 Å². The van der Waals surface area contributed by atoms with Crippen molar-refractivity contribution in [2.45, 2.75) is 33.6 Å². The number of benzene rings is 2. The smallest absolute Gasteiger partial charge is 0.168 e. The summed E-state index contributed by atoms with van der Waals surface area (Å²) in [6.07, 6.45) is 1.46. The van der Waals surface area contributed by atoms with E-state index in [1.807, 2.05) is 12.1 Å². The fraction of sp³-hybridized carbons (Fsp3) is 0.286. The molecular weight excluding hydrogens is 268 g/mol. The van der Waals surface area contributed by atoms with E-state index in [1.54, 1.807) is 0 Å². The fourth-order valence-corrected chi connectivity index (χ4v) is 3.45. The van der Waals surface area contributed by atoms with Crippen LogP contribution in [0.2, 0.25) is 0 Å². The Morgan fingerprint density at radius 1 is 0.955 bits per heavy atom. The molecule has 22 heavy (non-hydrogen) atoms. The van der Waals surface area contributed by atoms with Gasteiger partial charge in [-0.1, -0.05) is 69.3 Å². The second-order valence-corrected chi connectivity index (χ2v) is 6.21. The van der Waals surface area contributed by atoms with Crippen LogP contribution in [0.15, 0.2) is 48.5 Å². The van der Waals surface area contributed by atoms with Crippen LogP contribution in [0.25, 0.3) is 11.1 Å². The third-order valence-corrected chi connectivity index (χ3v) is 4.45. The first-order valence-electron chi connectivity index (χ1n) is 8.07. The summed E-state index contributed by atoms with van der Waals surface area (Å²) in [5.41, 5.74) is 6.92. The topological polar surface area (TPSA) is 17.1 Å². The van der Waals surface area contributed by atoms with Gasteiger partial charge in [-0.05, 0) is 40.2 Å². The normalized spacial score (nSPS) is 14.5. The first-order chi connectivity index (χ1) is 10.6. The Morgan fingerprint density at radius 2 is 1.59 bits per heavy atom. The predicted molar refractivity (Wildman–Crippen MR) is 92.6 cm³/mol. The summed E-state index contributed by atoms with van der Waals surface area (Å²) >= 11 is 0. The number of rotatable bonds is 3. The van der Waals surface area contributed by atoms with E-state index in [-0.39, 0.29) is 5.78 Å². The van der Waals surface area contributed by atoms with Crippen molar-refractivity contribution in [2.75, 3.05) is 0 Å². The molecule has 1 nitrogen and oxygen atoms in total. The quantitative estimate of drug-likeness (QED) is 0.782. The molecule has 2 aromatic rings. The van der Waals surface area contributed by atoms with Gasteiger partial charge in [-0.25, -0.2) is 0 Å². The molecule has 2 aromatic carbocycles. The van der Waals surface area contributed by atoms with Gasteiger partial charge in [0.2, 0.25) is 0 Å². The zero-order valence-corrected chi connectivity index (χ0v) is 13.5. The van der Waals surface area contributed by atoms with Gasteiger partial charge in [0.05, 0.1) is 0 Å². The number of carbonyl (C=O) groups excluding carboxylic acids is 1. The van der Waals surface area contributed by atoms with E-state index in [1.165, 1.54) is 16.7 Å². The number of fused-ring (bicyclic) bond motifs is 1. The van der Waals surface area contributed by atoms with E-state index >= 15 is 0 Å². The standard InChI is InChI=1S/C21H22O/c1-4-15-9-5-7-11-17(15)21-19(22)13-16-10-6-8-12-18(16)20(21)14(2)3/h5-12,14H,4,13H2,1-3H3. The lowest BCUT2D eigenvalue weighted by atomic mass is 9.76. The molecule has 112 valence electrons. The van der Waals surface area contributed by atoms with Crippen LogP contribution in [0, 0.1) is 5.92 Å². The first kappa shape index (κ1) is 14.8. The highest BCUT2D eigenvalue weighted by Gasteiger charge is 2.28. The molecule has 0 saturated carbocycles. The van der Waals surface area contributed by atoms with Gasteiger partial charge in [0, 0.05) is 12.0 Å². The summed E-state index contributed by atoms with van der Waals surface area (Å²) in [5, 5.41) is 0. The minimum absolute atomic E-state index is 0.253. The molecule has 0 spiro atoms. The van der Waals surface area contributed by atoms with Crippen LogP contribution in [0.3, 0.4) is 0 Å². The van der Waals surface area contributed by atoms with Crippen molar-refractivity contribution in [1.29, 1.82) is 0 Å². The average molecular weight is 290 g/mol. The molecule has 1 aliphatic rings. The number of carbonyl (C=O) groups is 1. The summed E-state index contributed by atoms with van der Waals surface area (Å²) < 4.78 is 0.